The van der Waals surface area contributed by atoms with Crippen molar-refractivity contribution in [3.05, 3.63) is 108 Å². The zero-order valence-electron chi connectivity index (χ0n) is 19.2. The van der Waals surface area contributed by atoms with E-state index in [1.54, 1.807) is 0 Å². The van der Waals surface area contributed by atoms with Crippen LogP contribution in [0.25, 0.3) is 0 Å². The molecule has 0 aliphatic carbocycles. The summed E-state index contributed by atoms with van der Waals surface area (Å²) >= 11 is 0. The van der Waals surface area contributed by atoms with Crippen LogP contribution in [0.3, 0.4) is 0 Å². The second-order valence-corrected chi connectivity index (χ2v) is 7.04. The first-order valence-electron chi connectivity index (χ1n) is 10.7. The SMILES string of the molecule is COOOOCCN(CCOOOOC)C(c1ccccc1)(c1ccccc1)c1ccccc1. The van der Waals surface area contributed by atoms with E-state index >= 15 is 0 Å². The van der Waals surface area contributed by atoms with E-state index in [-0.39, 0.29) is 13.2 Å². The third-order valence-corrected chi connectivity index (χ3v) is 5.23. The molecule has 0 saturated carbocycles. The quantitative estimate of drug-likeness (QED) is 0.132. The first kappa shape index (κ1) is 25.9. The maximum atomic E-state index is 5.15. The molecule has 0 radical (unpaired) electrons. The lowest BCUT2D eigenvalue weighted by atomic mass is 9.75. The van der Waals surface area contributed by atoms with E-state index in [1.807, 2.05) is 54.6 Å². The largest absolute Gasteiger partial charge is 0.281 e. The van der Waals surface area contributed by atoms with Gasteiger partial charge in [-0.05, 0) is 36.8 Å². The van der Waals surface area contributed by atoms with Crippen LogP contribution in [0.4, 0.5) is 0 Å². The minimum Gasteiger partial charge on any atom is -0.281 e. The molecule has 182 valence electrons. The van der Waals surface area contributed by atoms with Crippen LogP contribution in [-0.4, -0.2) is 45.4 Å². The molecule has 3 rings (SSSR count). The fourth-order valence-electron chi connectivity index (χ4n) is 3.99. The van der Waals surface area contributed by atoms with Crippen molar-refractivity contribution < 1.29 is 39.7 Å². The summed E-state index contributed by atoms with van der Waals surface area (Å²) in [7, 11) is 2.64. The second kappa shape index (κ2) is 14.5. The predicted octanol–water partition coefficient (Wildman–Crippen LogP) is 4.16. The Kier molecular flexibility index (Phi) is 11.1. The third kappa shape index (κ3) is 6.67. The Morgan fingerprint density at radius 3 is 1.21 bits per heavy atom. The van der Waals surface area contributed by atoms with Gasteiger partial charge in [0, 0.05) is 13.1 Å². The summed E-state index contributed by atoms with van der Waals surface area (Å²) in [5.74, 6) is 0. The molecule has 0 aromatic heterocycles. The second-order valence-electron chi connectivity index (χ2n) is 7.04. The molecule has 0 aliphatic rings. The molecular formula is C25H29NO8. The smallest absolute Gasteiger partial charge is 0.0982 e. The molecular weight excluding hydrogens is 442 g/mol. The Morgan fingerprint density at radius 1 is 0.529 bits per heavy atom. The van der Waals surface area contributed by atoms with E-state index in [0.717, 1.165) is 16.7 Å². The lowest BCUT2D eigenvalue weighted by Gasteiger charge is -2.45. The van der Waals surface area contributed by atoms with Crippen molar-refractivity contribution in [3.63, 3.8) is 0 Å². The average Bonchev–Trinajstić information content (AvgIpc) is 2.90. The molecule has 3 aromatic carbocycles. The van der Waals surface area contributed by atoms with Crippen LogP contribution in [0.5, 0.6) is 0 Å². The Balaban J connectivity index is 2.06. The molecule has 9 nitrogen and oxygen atoms in total. The van der Waals surface area contributed by atoms with Gasteiger partial charge in [-0.1, -0.05) is 91.0 Å². The van der Waals surface area contributed by atoms with E-state index in [9.17, 15) is 0 Å². The molecule has 0 aliphatic heterocycles. The zero-order chi connectivity index (χ0) is 23.9. The van der Waals surface area contributed by atoms with Crippen LogP contribution in [0.2, 0.25) is 0 Å². The first-order chi connectivity index (χ1) is 16.8. The van der Waals surface area contributed by atoms with E-state index in [0.29, 0.717) is 13.1 Å². The summed E-state index contributed by atoms with van der Waals surface area (Å²) in [5.41, 5.74) is 2.50. The highest BCUT2D eigenvalue weighted by atomic mass is 17.7. The molecule has 0 saturated heterocycles. The van der Waals surface area contributed by atoms with Crippen molar-refractivity contribution in [2.45, 2.75) is 5.54 Å². The highest BCUT2D eigenvalue weighted by molar-refractivity contribution is 5.49. The number of benzene rings is 3. The number of nitrogens with zero attached hydrogens (tertiary/aromatic N) is 1. The predicted molar refractivity (Wildman–Crippen MR) is 121 cm³/mol. The highest BCUT2D eigenvalue weighted by Gasteiger charge is 2.41. The first-order valence-corrected chi connectivity index (χ1v) is 10.7. The van der Waals surface area contributed by atoms with E-state index in [1.165, 1.54) is 14.2 Å². The normalized spacial score (nSPS) is 11.7. The molecule has 0 unspecified atom stereocenters. The van der Waals surface area contributed by atoms with E-state index in [4.69, 9.17) is 9.78 Å². The topological polar surface area (TPSA) is 77.1 Å². The third-order valence-electron chi connectivity index (χ3n) is 5.23. The summed E-state index contributed by atoms with van der Waals surface area (Å²) in [6, 6.07) is 30.7. The van der Waals surface area contributed by atoms with E-state index < -0.39 is 5.54 Å². The minimum absolute atomic E-state index is 0.174. The Morgan fingerprint density at radius 2 is 0.882 bits per heavy atom. The zero-order valence-corrected chi connectivity index (χ0v) is 19.2. The van der Waals surface area contributed by atoms with Crippen LogP contribution < -0.4 is 0 Å². The average molecular weight is 472 g/mol. The van der Waals surface area contributed by atoms with Gasteiger partial charge in [0.05, 0.1) is 33.0 Å². The molecule has 0 bridgehead atoms. The Labute approximate surface area is 198 Å². The van der Waals surface area contributed by atoms with Crippen LogP contribution in [0, 0.1) is 0 Å². The number of hydrogen-bond donors (Lipinski definition) is 0. The fourth-order valence-corrected chi connectivity index (χ4v) is 3.99. The number of rotatable bonds is 16. The molecule has 0 fully saturated rings. The van der Waals surface area contributed by atoms with Gasteiger partial charge in [0.25, 0.3) is 0 Å². The van der Waals surface area contributed by atoms with Gasteiger partial charge >= 0.3 is 0 Å². The van der Waals surface area contributed by atoms with Crippen LogP contribution in [0.1, 0.15) is 16.7 Å². The summed E-state index contributed by atoms with van der Waals surface area (Å²) in [6.07, 6.45) is 0. The van der Waals surface area contributed by atoms with Crippen LogP contribution in [0.15, 0.2) is 91.0 Å². The maximum Gasteiger partial charge on any atom is 0.0982 e. The van der Waals surface area contributed by atoms with Gasteiger partial charge in [-0.2, -0.15) is 0 Å². The van der Waals surface area contributed by atoms with E-state index in [2.05, 4.69) is 71.2 Å². The Bertz CT molecular complexity index is 803. The van der Waals surface area contributed by atoms with Crippen molar-refractivity contribution in [1.29, 1.82) is 0 Å². The highest BCUT2D eigenvalue weighted by Crippen LogP contribution is 2.42. The van der Waals surface area contributed by atoms with Crippen molar-refractivity contribution in [3.8, 4) is 0 Å². The van der Waals surface area contributed by atoms with Gasteiger partial charge in [-0.15, -0.1) is 0 Å². The summed E-state index contributed by atoms with van der Waals surface area (Å²) in [5, 5.41) is 17.9. The summed E-state index contributed by atoms with van der Waals surface area (Å²) < 4.78 is 0. The summed E-state index contributed by atoms with van der Waals surface area (Å²) in [6.45, 7) is 1.21. The minimum atomic E-state index is -0.694. The van der Waals surface area contributed by atoms with Gasteiger partial charge in [-0.25, -0.2) is 19.6 Å². The van der Waals surface area contributed by atoms with Crippen molar-refractivity contribution in [2.75, 3.05) is 40.5 Å². The van der Waals surface area contributed by atoms with Crippen molar-refractivity contribution >= 4 is 0 Å². The van der Waals surface area contributed by atoms with Gasteiger partial charge in [0.15, 0.2) is 0 Å². The molecule has 9 heteroatoms. The lowest BCUT2D eigenvalue weighted by molar-refractivity contribution is -0.629. The molecule has 0 atom stereocenters. The van der Waals surface area contributed by atoms with Crippen molar-refractivity contribution in [1.82, 2.24) is 4.90 Å². The van der Waals surface area contributed by atoms with Gasteiger partial charge < -0.3 is 0 Å². The molecule has 34 heavy (non-hydrogen) atoms. The van der Waals surface area contributed by atoms with Gasteiger partial charge in [0.2, 0.25) is 0 Å². The van der Waals surface area contributed by atoms with Crippen LogP contribution >= 0.6 is 0 Å². The molecule has 0 heterocycles. The maximum absolute atomic E-state index is 5.15. The monoisotopic (exact) mass is 471 g/mol. The fraction of sp³-hybridized carbons (Fsp3) is 0.280. The molecule has 0 amide bonds. The van der Waals surface area contributed by atoms with Crippen molar-refractivity contribution in [2.24, 2.45) is 0 Å². The molecule has 3 aromatic rings. The van der Waals surface area contributed by atoms with Crippen LogP contribution in [-0.2, 0) is 45.2 Å². The van der Waals surface area contributed by atoms with Gasteiger partial charge in [0.1, 0.15) is 0 Å². The van der Waals surface area contributed by atoms with Gasteiger partial charge in [-0.3, -0.25) is 4.90 Å². The lowest BCUT2D eigenvalue weighted by Crippen LogP contribution is -2.50. The number of hydrogen-bond acceptors (Lipinski definition) is 9. The molecule has 0 spiro atoms. The summed E-state index contributed by atoms with van der Waals surface area (Å²) in [4.78, 5) is 21.3. The standard InChI is InChI=1S/C25H29NO8/c1-27-31-33-29-20-18-26(19-21-30-34-32-28-2)25(22-12-6-3-7-13-22,23-14-8-4-9-15-23)24-16-10-5-11-17-24/h3-17H,18-21H2,1-2H3. The molecule has 0 N–H and O–H groups in total. The Hall–Kier alpha value is -2.70.